The SMILES string of the molecule is CC(C)(C)C1CN(c2ccc(Br)cc2C#N)CCN1C(=O)O. The second-order valence-corrected chi connectivity index (χ2v) is 7.49. The molecule has 1 aromatic carbocycles. The molecular weight excluding hydrogens is 346 g/mol. The number of hydrogen-bond donors (Lipinski definition) is 1. The topological polar surface area (TPSA) is 67.6 Å². The molecule has 6 heteroatoms. The summed E-state index contributed by atoms with van der Waals surface area (Å²) in [6, 6.07) is 7.72. The number of hydrogen-bond acceptors (Lipinski definition) is 3. The summed E-state index contributed by atoms with van der Waals surface area (Å²) in [5.74, 6) is 0. The van der Waals surface area contributed by atoms with Crippen LogP contribution in [0, 0.1) is 16.7 Å². The minimum atomic E-state index is -0.879. The summed E-state index contributed by atoms with van der Waals surface area (Å²) in [7, 11) is 0. The van der Waals surface area contributed by atoms with Crippen LogP contribution in [-0.4, -0.2) is 41.8 Å². The van der Waals surface area contributed by atoms with Gasteiger partial charge in [-0.3, -0.25) is 0 Å². The molecule has 0 radical (unpaired) electrons. The van der Waals surface area contributed by atoms with Gasteiger partial charge in [-0.15, -0.1) is 0 Å². The molecule has 1 atom stereocenters. The fourth-order valence-electron chi connectivity index (χ4n) is 2.85. The highest BCUT2D eigenvalue weighted by atomic mass is 79.9. The fourth-order valence-corrected chi connectivity index (χ4v) is 3.21. The third-order valence-electron chi connectivity index (χ3n) is 4.05. The minimum Gasteiger partial charge on any atom is -0.465 e. The van der Waals surface area contributed by atoms with E-state index in [0.29, 0.717) is 25.2 Å². The molecule has 1 N–H and O–H groups in total. The second kappa shape index (κ2) is 6.17. The van der Waals surface area contributed by atoms with E-state index in [4.69, 9.17) is 0 Å². The number of nitrogens with zero attached hydrogens (tertiary/aromatic N) is 3. The molecule has 1 unspecified atom stereocenters. The van der Waals surface area contributed by atoms with E-state index in [-0.39, 0.29) is 11.5 Å². The van der Waals surface area contributed by atoms with E-state index in [1.165, 1.54) is 4.90 Å². The van der Waals surface area contributed by atoms with Crippen LogP contribution in [0.3, 0.4) is 0 Å². The molecule has 5 nitrogen and oxygen atoms in total. The summed E-state index contributed by atoms with van der Waals surface area (Å²) >= 11 is 3.38. The Morgan fingerprint density at radius 2 is 2.09 bits per heavy atom. The van der Waals surface area contributed by atoms with Crippen LogP contribution in [0.25, 0.3) is 0 Å². The molecule has 0 aromatic heterocycles. The zero-order chi connectivity index (χ0) is 16.5. The van der Waals surface area contributed by atoms with Crippen molar-refractivity contribution in [2.75, 3.05) is 24.5 Å². The molecule has 0 bridgehead atoms. The maximum absolute atomic E-state index is 11.5. The zero-order valence-corrected chi connectivity index (χ0v) is 14.6. The van der Waals surface area contributed by atoms with Crippen molar-refractivity contribution in [1.82, 2.24) is 4.90 Å². The quantitative estimate of drug-likeness (QED) is 0.826. The van der Waals surface area contributed by atoms with Crippen molar-refractivity contribution in [1.29, 1.82) is 5.26 Å². The first kappa shape index (κ1) is 16.6. The van der Waals surface area contributed by atoms with Gasteiger partial charge in [-0.25, -0.2) is 4.79 Å². The number of amides is 1. The third kappa shape index (κ3) is 3.36. The van der Waals surface area contributed by atoms with Crippen molar-refractivity contribution in [3.63, 3.8) is 0 Å². The summed E-state index contributed by atoms with van der Waals surface area (Å²) in [6.45, 7) is 7.76. The van der Waals surface area contributed by atoms with E-state index < -0.39 is 6.09 Å². The van der Waals surface area contributed by atoms with Crippen LogP contribution < -0.4 is 4.90 Å². The fraction of sp³-hybridized carbons (Fsp3) is 0.500. The minimum absolute atomic E-state index is 0.117. The molecule has 1 saturated heterocycles. The van der Waals surface area contributed by atoms with Gasteiger partial charge in [-0.2, -0.15) is 5.26 Å². The number of nitriles is 1. The lowest BCUT2D eigenvalue weighted by Gasteiger charge is -2.46. The van der Waals surface area contributed by atoms with Crippen LogP contribution in [0.4, 0.5) is 10.5 Å². The molecule has 1 aromatic rings. The summed E-state index contributed by atoms with van der Waals surface area (Å²) in [5.41, 5.74) is 1.30. The predicted molar refractivity (Wildman–Crippen MR) is 89.0 cm³/mol. The van der Waals surface area contributed by atoms with Crippen molar-refractivity contribution in [2.24, 2.45) is 5.41 Å². The Kier molecular flexibility index (Phi) is 4.66. The first-order valence-electron chi connectivity index (χ1n) is 7.18. The highest BCUT2D eigenvalue weighted by Gasteiger charge is 2.38. The number of rotatable bonds is 1. The molecule has 0 aliphatic carbocycles. The highest BCUT2D eigenvalue weighted by Crippen LogP contribution is 2.32. The molecule has 2 rings (SSSR count). The molecule has 22 heavy (non-hydrogen) atoms. The van der Waals surface area contributed by atoms with Gasteiger partial charge < -0.3 is 14.9 Å². The highest BCUT2D eigenvalue weighted by molar-refractivity contribution is 9.10. The van der Waals surface area contributed by atoms with Crippen LogP contribution in [0.1, 0.15) is 26.3 Å². The van der Waals surface area contributed by atoms with Gasteiger partial charge in [0, 0.05) is 24.1 Å². The van der Waals surface area contributed by atoms with Crippen LogP contribution in [0.5, 0.6) is 0 Å². The monoisotopic (exact) mass is 365 g/mol. The van der Waals surface area contributed by atoms with E-state index >= 15 is 0 Å². The molecule has 1 aliphatic rings. The normalized spacial score (nSPS) is 19.0. The largest absolute Gasteiger partial charge is 0.465 e. The Bertz CT molecular complexity index is 619. The van der Waals surface area contributed by atoms with E-state index in [9.17, 15) is 15.2 Å². The van der Waals surface area contributed by atoms with Gasteiger partial charge in [-0.1, -0.05) is 36.7 Å². The number of piperazine rings is 1. The Hall–Kier alpha value is -1.74. The molecular formula is C16H20BrN3O2. The van der Waals surface area contributed by atoms with E-state index in [1.54, 1.807) is 6.07 Å². The molecule has 1 amide bonds. The van der Waals surface area contributed by atoms with Gasteiger partial charge in [0.2, 0.25) is 0 Å². The lowest BCUT2D eigenvalue weighted by Crippen LogP contribution is -2.59. The van der Waals surface area contributed by atoms with Gasteiger partial charge in [0.05, 0.1) is 17.3 Å². The van der Waals surface area contributed by atoms with E-state index in [0.717, 1.165) is 10.2 Å². The van der Waals surface area contributed by atoms with Crippen molar-refractivity contribution < 1.29 is 9.90 Å². The average Bonchev–Trinajstić information content (AvgIpc) is 2.45. The van der Waals surface area contributed by atoms with Crippen molar-refractivity contribution in [3.8, 4) is 6.07 Å². The summed E-state index contributed by atoms with van der Waals surface area (Å²) in [6.07, 6.45) is -0.879. The third-order valence-corrected chi connectivity index (χ3v) is 4.54. The van der Waals surface area contributed by atoms with Crippen molar-refractivity contribution in [2.45, 2.75) is 26.8 Å². The number of carboxylic acid groups (broad SMARTS) is 1. The van der Waals surface area contributed by atoms with Crippen molar-refractivity contribution in [3.05, 3.63) is 28.2 Å². The first-order chi connectivity index (χ1) is 10.2. The first-order valence-corrected chi connectivity index (χ1v) is 7.97. The van der Waals surface area contributed by atoms with Crippen LogP contribution in [-0.2, 0) is 0 Å². The molecule has 1 heterocycles. The average molecular weight is 366 g/mol. The van der Waals surface area contributed by atoms with Gasteiger partial charge in [0.1, 0.15) is 6.07 Å². The Balaban J connectivity index is 2.33. The summed E-state index contributed by atoms with van der Waals surface area (Å²) in [4.78, 5) is 15.1. The van der Waals surface area contributed by atoms with Gasteiger partial charge in [0.15, 0.2) is 0 Å². The Labute approximate surface area is 139 Å². The van der Waals surface area contributed by atoms with Crippen LogP contribution in [0.15, 0.2) is 22.7 Å². The number of benzene rings is 1. The number of anilines is 1. The van der Waals surface area contributed by atoms with Gasteiger partial charge in [-0.05, 0) is 23.6 Å². The van der Waals surface area contributed by atoms with Gasteiger partial charge in [0.25, 0.3) is 0 Å². The Morgan fingerprint density at radius 3 is 2.64 bits per heavy atom. The number of carbonyl (C=O) groups is 1. The van der Waals surface area contributed by atoms with E-state index in [1.807, 2.05) is 32.9 Å². The van der Waals surface area contributed by atoms with E-state index in [2.05, 4.69) is 26.9 Å². The summed E-state index contributed by atoms with van der Waals surface area (Å²) in [5, 5.41) is 18.8. The zero-order valence-electron chi connectivity index (χ0n) is 13.0. The van der Waals surface area contributed by atoms with Gasteiger partial charge >= 0.3 is 6.09 Å². The molecule has 0 spiro atoms. The smallest absolute Gasteiger partial charge is 0.407 e. The summed E-state index contributed by atoms with van der Waals surface area (Å²) < 4.78 is 0.865. The number of halogens is 1. The lowest BCUT2D eigenvalue weighted by molar-refractivity contribution is 0.0748. The Morgan fingerprint density at radius 1 is 1.41 bits per heavy atom. The van der Waals surface area contributed by atoms with Crippen LogP contribution >= 0.6 is 15.9 Å². The van der Waals surface area contributed by atoms with Crippen LogP contribution in [0.2, 0.25) is 0 Å². The molecule has 1 fully saturated rings. The standard InChI is InChI=1S/C16H20BrN3O2/c1-16(2,3)14-10-19(6-7-20(14)15(21)22)13-5-4-12(17)8-11(13)9-18/h4-5,8,14H,6-7,10H2,1-3H3,(H,21,22). The maximum atomic E-state index is 11.5. The molecule has 1 aliphatic heterocycles. The lowest BCUT2D eigenvalue weighted by atomic mass is 9.84. The predicted octanol–water partition coefficient (Wildman–Crippen LogP) is 3.54. The van der Waals surface area contributed by atoms with Crippen molar-refractivity contribution >= 4 is 27.7 Å². The molecule has 0 saturated carbocycles. The second-order valence-electron chi connectivity index (χ2n) is 6.58. The molecule has 118 valence electrons. The maximum Gasteiger partial charge on any atom is 0.407 e.